The summed E-state index contributed by atoms with van der Waals surface area (Å²) < 4.78 is 26.8. The Balaban J connectivity index is 1.47. The van der Waals surface area contributed by atoms with Gasteiger partial charge in [-0.3, -0.25) is 9.59 Å². The van der Waals surface area contributed by atoms with Crippen LogP contribution in [0.4, 0.5) is 5.69 Å². The molecule has 1 heterocycles. The van der Waals surface area contributed by atoms with E-state index in [-0.39, 0.29) is 36.2 Å². The Bertz CT molecular complexity index is 949. The standard InChI is InChI=1S/C19H20ClN3O4S/c20-15-6-8-17(9-7-15)28(26,27)22-11-10-21-19(25)14-12-18(24)23(13-14)16-4-2-1-3-5-16/h1-9,14,22H,10-13H2,(H,21,25)/t14-/m1/s1. The SMILES string of the molecule is O=C(NCCNS(=O)(=O)c1ccc(Cl)cc1)[C@@H]1CC(=O)N(c2ccccc2)C1. The summed E-state index contributed by atoms with van der Waals surface area (Å²) in [6, 6.07) is 15.0. The summed E-state index contributed by atoms with van der Waals surface area (Å²) >= 11 is 5.76. The molecular weight excluding hydrogens is 402 g/mol. The summed E-state index contributed by atoms with van der Waals surface area (Å²) in [6.07, 6.45) is 0.136. The third kappa shape index (κ3) is 4.89. The molecule has 0 spiro atoms. The summed E-state index contributed by atoms with van der Waals surface area (Å²) in [5, 5.41) is 3.13. The first-order valence-corrected chi connectivity index (χ1v) is 10.6. The van der Waals surface area contributed by atoms with Crippen LogP contribution in [0.15, 0.2) is 59.5 Å². The zero-order chi connectivity index (χ0) is 20.1. The van der Waals surface area contributed by atoms with E-state index in [9.17, 15) is 18.0 Å². The molecule has 3 rings (SSSR count). The molecule has 148 valence electrons. The molecule has 1 fully saturated rings. The summed E-state index contributed by atoms with van der Waals surface area (Å²) in [5.74, 6) is -0.826. The number of carbonyl (C=O) groups excluding carboxylic acids is 2. The number of amides is 2. The van der Waals surface area contributed by atoms with E-state index in [1.165, 1.54) is 24.3 Å². The predicted octanol–water partition coefficient (Wildman–Crippen LogP) is 1.79. The molecule has 0 aromatic heterocycles. The van der Waals surface area contributed by atoms with Crippen LogP contribution in [-0.2, 0) is 19.6 Å². The first-order valence-electron chi connectivity index (χ1n) is 8.75. The number of hydrogen-bond donors (Lipinski definition) is 2. The van der Waals surface area contributed by atoms with Gasteiger partial charge < -0.3 is 10.2 Å². The predicted molar refractivity (Wildman–Crippen MR) is 107 cm³/mol. The van der Waals surface area contributed by atoms with Crippen LogP contribution in [0.1, 0.15) is 6.42 Å². The van der Waals surface area contributed by atoms with Crippen LogP contribution in [0.5, 0.6) is 0 Å². The van der Waals surface area contributed by atoms with Gasteiger partial charge in [-0.15, -0.1) is 0 Å². The molecule has 1 saturated heterocycles. The molecule has 1 aliphatic heterocycles. The third-order valence-corrected chi connectivity index (χ3v) is 6.13. The number of para-hydroxylation sites is 1. The fourth-order valence-electron chi connectivity index (χ4n) is 2.95. The first kappa shape index (κ1) is 20.3. The monoisotopic (exact) mass is 421 g/mol. The maximum Gasteiger partial charge on any atom is 0.240 e. The van der Waals surface area contributed by atoms with Crippen LogP contribution in [0, 0.1) is 5.92 Å². The maximum absolute atomic E-state index is 12.3. The fraction of sp³-hybridized carbons (Fsp3) is 0.263. The van der Waals surface area contributed by atoms with Gasteiger partial charge in [0.15, 0.2) is 0 Å². The molecule has 0 unspecified atom stereocenters. The van der Waals surface area contributed by atoms with Crippen molar-refractivity contribution in [3.8, 4) is 0 Å². The molecule has 2 aromatic carbocycles. The van der Waals surface area contributed by atoms with Crippen molar-refractivity contribution in [2.45, 2.75) is 11.3 Å². The number of rotatable bonds is 7. The van der Waals surface area contributed by atoms with E-state index in [0.717, 1.165) is 5.69 Å². The number of nitrogens with zero attached hydrogens (tertiary/aromatic N) is 1. The second kappa shape index (κ2) is 8.72. The van der Waals surface area contributed by atoms with Crippen LogP contribution < -0.4 is 14.9 Å². The highest BCUT2D eigenvalue weighted by molar-refractivity contribution is 7.89. The van der Waals surface area contributed by atoms with E-state index < -0.39 is 15.9 Å². The maximum atomic E-state index is 12.3. The Kier molecular flexibility index (Phi) is 6.33. The van der Waals surface area contributed by atoms with E-state index in [4.69, 9.17) is 11.6 Å². The molecule has 0 radical (unpaired) electrons. The van der Waals surface area contributed by atoms with Crippen molar-refractivity contribution < 1.29 is 18.0 Å². The van der Waals surface area contributed by atoms with E-state index in [1.807, 2.05) is 30.3 Å². The average molecular weight is 422 g/mol. The highest BCUT2D eigenvalue weighted by Crippen LogP contribution is 2.24. The molecule has 2 amide bonds. The van der Waals surface area contributed by atoms with Crippen LogP contribution in [0.2, 0.25) is 5.02 Å². The van der Waals surface area contributed by atoms with Gasteiger partial charge in [-0.2, -0.15) is 0 Å². The molecule has 7 nitrogen and oxygen atoms in total. The molecular formula is C19H20ClN3O4S. The van der Waals surface area contributed by atoms with Gasteiger partial charge in [-0.25, -0.2) is 13.1 Å². The van der Waals surface area contributed by atoms with Crippen molar-refractivity contribution in [1.29, 1.82) is 0 Å². The molecule has 28 heavy (non-hydrogen) atoms. The van der Waals surface area contributed by atoms with E-state index in [0.29, 0.717) is 11.6 Å². The molecule has 2 aromatic rings. The molecule has 0 aliphatic carbocycles. The molecule has 9 heteroatoms. The summed E-state index contributed by atoms with van der Waals surface area (Å²) in [4.78, 5) is 26.2. The Labute approximate surface area is 168 Å². The summed E-state index contributed by atoms with van der Waals surface area (Å²) in [6.45, 7) is 0.479. The third-order valence-electron chi connectivity index (χ3n) is 4.40. The number of hydrogen-bond acceptors (Lipinski definition) is 4. The highest BCUT2D eigenvalue weighted by Gasteiger charge is 2.34. The van der Waals surface area contributed by atoms with Crippen molar-refractivity contribution >= 4 is 39.1 Å². The van der Waals surface area contributed by atoms with Crippen molar-refractivity contribution in [3.63, 3.8) is 0 Å². The highest BCUT2D eigenvalue weighted by atomic mass is 35.5. The van der Waals surface area contributed by atoms with Crippen molar-refractivity contribution in [2.24, 2.45) is 5.92 Å². The van der Waals surface area contributed by atoms with Gasteiger partial charge in [0.25, 0.3) is 0 Å². The Hall–Kier alpha value is -2.42. The van der Waals surface area contributed by atoms with Crippen LogP contribution in [-0.4, -0.2) is 39.9 Å². The Morgan fingerprint density at radius 2 is 1.75 bits per heavy atom. The van der Waals surface area contributed by atoms with Gasteiger partial charge in [0.05, 0.1) is 10.8 Å². The summed E-state index contributed by atoms with van der Waals surface area (Å²) in [5.41, 5.74) is 0.763. The summed E-state index contributed by atoms with van der Waals surface area (Å²) in [7, 11) is -3.67. The fourth-order valence-corrected chi connectivity index (χ4v) is 4.11. The Morgan fingerprint density at radius 1 is 1.07 bits per heavy atom. The lowest BCUT2D eigenvalue weighted by Crippen LogP contribution is -2.38. The van der Waals surface area contributed by atoms with Crippen LogP contribution in [0.3, 0.4) is 0 Å². The number of carbonyl (C=O) groups is 2. The molecule has 0 saturated carbocycles. The number of benzene rings is 2. The average Bonchev–Trinajstić information content (AvgIpc) is 3.08. The Morgan fingerprint density at radius 3 is 2.43 bits per heavy atom. The quantitative estimate of drug-likeness (QED) is 0.666. The van der Waals surface area contributed by atoms with Crippen LogP contribution in [0.25, 0.3) is 0 Å². The number of halogens is 1. The smallest absolute Gasteiger partial charge is 0.240 e. The second-order valence-electron chi connectivity index (χ2n) is 6.38. The first-order chi connectivity index (χ1) is 13.4. The second-order valence-corrected chi connectivity index (χ2v) is 8.59. The molecule has 2 N–H and O–H groups in total. The van der Waals surface area contributed by atoms with Crippen molar-refractivity contribution in [2.75, 3.05) is 24.5 Å². The lowest BCUT2D eigenvalue weighted by atomic mass is 10.1. The number of nitrogens with one attached hydrogen (secondary N) is 2. The van der Waals surface area contributed by atoms with Gasteiger partial charge in [0, 0.05) is 36.8 Å². The van der Waals surface area contributed by atoms with E-state index >= 15 is 0 Å². The van der Waals surface area contributed by atoms with Crippen molar-refractivity contribution in [1.82, 2.24) is 10.0 Å². The normalized spacial score (nSPS) is 17.0. The van der Waals surface area contributed by atoms with Gasteiger partial charge in [0.2, 0.25) is 21.8 Å². The molecule has 1 atom stereocenters. The zero-order valence-electron chi connectivity index (χ0n) is 15.0. The number of sulfonamides is 1. The minimum Gasteiger partial charge on any atom is -0.354 e. The minimum absolute atomic E-state index is 0.0414. The lowest BCUT2D eigenvalue weighted by molar-refractivity contribution is -0.126. The van der Waals surface area contributed by atoms with Gasteiger partial charge >= 0.3 is 0 Å². The molecule has 1 aliphatic rings. The van der Waals surface area contributed by atoms with Crippen molar-refractivity contribution in [3.05, 3.63) is 59.6 Å². The van der Waals surface area contributed by atoms with E-state index in [2.05, 4.69) is 10.0 Å². The topological polar surface area (TPSA) is 95.6 Å². The minimum atomic E-state index is -3.67. The van der Waals surface area contributed by atoms with Crippen LogP contribution >= 0.6 is 11.6 Å². The van der Waals surface area contributed by atoms with Gasteiger partial charge in [-0.05, 0) is 36.4 Å². The lowest BCUT2D eigenvalue weighted by Gasteiger charge is -2.16. The van der Waals surface area contributed by atoms with E-state index in [1.54, 1.807) is 4.90 Å². The largest absolute Gasteiger partial charge is 0.354 e. The number of anilines is 1. The molecule has 0 bridgehead atoms. The van der Waals surface area contributed by atoms with Gasteiger partial charge in [-0.1, -0.05) is 29.8 Å². The zero-order valence-corrected chi connectivity index (χ0v) is 16.5. The van der Waals surface area contributed by atoms with Gasteiger partial charge in [0.1, 0.15) is 0 Å².